The molecule has 1 aromatic rings. The van der Waals surface area contributed by atoms with Crippen LogP contribution in [0.2, 0.25) is 0 Å². The highest BCUT2D eigenvalue weighted by Crippen LogP contribution is 1.99. The largest absolute Gasteiger partial charge is 0.319 e. The van der Waals surface area contributed by atoms with Gasteiger partial charge in [-0.15, -0.1) is 10.2 Å². The topological polar surface area (TPSA) is 83.6 Å². The zero-order valence-corrected chi connectivity index (χ0v) is 6.04. The van der Waals surface area contributed by atoms with Crippen LogP contribution in [0.1, 0.15) is 5.82 Å². The van der Waals surface area contributed by atoms with Gasteiger partial charge in [0.25, 0.3) is 0 Å². The van der Waals surface area contributed by atoms with E-state index in [0.717, 1.165) is 0 Å². The molecule has 11 heavy (non-hydrogen) atoms. The molecule has 0 saturated heterocycles. The van der Waals surface area contributed by atoms with Crippen molar-refractivity contribution in [3.8, 4) is 0 Å². The molecular weight excluding hydrogens is 170 g/mol. The van der Waals surface area contributed by atoms with Gasteiger partial charge in [-0.05, 0) is 5.21 Å². The Balaban J connectivity index is 2.65. The number of H-pyrrole nitrogens is 1. The molecule has 1 aromatic heterocycles. The van der Waals surface area contributed by atoms with Crippen molar-refractivity contribution in [1.29, 1.82) is 0 Å². The van der Waals surface area contributed by atoms with E-state index in [1.165, 1.54) is 6.08 Å². The number of rotatable bonds is 3. The molecule has 2 N–H and O–H groups in total. The molecule has 0 saturated carbocycles. The summed E-state index contributed by atoms with van der Waals surface area (Å²) < 4.78 is 0. The van der Waals surface area contributed by atoms with Crippen LogP contribution in [0.25, 0.3) is 6.08 Å². The van der Waals surface area contributed by atoms with E-state index in [1.54, 1.807) is 0 Å². The Morgan fingerprint density at radius 1 is 1.73 bits per heavy atom. The van der Waals surface area contributed by atoms with Crippen LogP contribution in [-0.2, 0) is 4.79 Å². The van der Waals surface area contributed by atoms with E-state index in [1.807, 2.05) is 0 Å². The van der Waals surface area contributed by atoms with Crippen molar-refractivity contribution in [1.82, 2.24) is 25.9 Å². The van der Waals surface area contributed by atoms with Gasteiger partial charge in [0.15, 0.2) is 5.82 Å². The molecule has 7 heteroatoms. The Kier molecular flexibility index (Phi) is 2.56. The summed E-state index contributed by atoms with van der Waals surface area (Å²) in [5.41, 5.74) is 0. The van der Waals surface area contributed by atoms with Crippen LogP contribution in [0.15, 0.2) is 5.16 Å². The predicted octanol–water partition coefficient (Wildman–Crippen LogP) is -0.517. The Labute approximate surface area is 66.6 Å². The monoisotopic (exact) mass is 173 g/mol. The maximum atomic E-state index is 9.84. The minimum atomic E-state index is 0.140. The molecule has 0 atom stereocenters. The van der Waals surface area contributed by atoms with E-state index in [9.17, 15) is 4.79 Å². The zero-order chi connectivity index (χ0) is 8.10. The highest BCUT2D eigenvalue weighted by molar-refractivity contribution is 6.31. The lowest BCUT2D eigenvalue weighted by atomic mass is 10.6. The van der Waals surface area contributed by atoms with E-state index in [4.69, 9.17) is 11.6 Å². The zero-order valence-electron chi connectivity index (χ0n) is 5.28. The Morgan fingerprint density at radius 2 is 2.55 bits per heavy atom. The van der Waals surface area contributed by atoms with E-state index in [-0.39, 0.29) is 5.16 Å². The highest BCUT2D eigenvalue weighted by Gasteiger charge is 1.94. The SMILES string of the molecule is O=CN/C(Cl)=C/c1nn[nH]n1. The Bertz CT molecular complexity index is 255. The number of carbonyl (C=O) groups excluding carboxylic acids is 1. The summed E-state index contributed by atoms with van der Waals surface area (Å²) >= 11 is 5.47. The molecule has 0 aliphatic heterocycles. The lowest BCUT2D eigenvalue weighted by Crippen LogP contribution is -2.04. The molecule has 0 fully saturated rings. The highest BCUT2D eigenvalue weighted by atomic mass is 35.5. The summed E-state index contributed by atoms with van der Waals surface area (Å²) in [6.45, 7) is 0. The average molecular weight is 174 g/mol. The van der Waals surface area contributed by atoms with E-state index in [0.29, 0.717) is 12.2 Å². The van der Waals surface area contributed by atoms with Gasteiger partial charge in [0.1, 0.15) is 5.16 Å². The molecule has 1 amide bonds. The van der Waals surface area contributed by atoms with Gasteiger partial charge in [0.05, 0.1) is 0 Å². The average Bonchev–Trinajstić information content (AvgIpc) is 2.40. The lowest BCUT2D eigenvalue weighted by Gasteiger charge is -1.89. The number of nitrogens with zero attached hydrogens (tertiary/aromatic N) is 3. The van der Waals surface area contributed by atoms with Crippen LogP contribution in [0.3, 0.4) is 0 Å². The Morgan fingerprint density at radius 3 is 3.09 bits per heavy atom. The molecule has 6 nitrogen and oxygen atoms in total. The maximum Gasteiger partial charge on any atom is 0.212 e. The second kappa shape index (κ2) is 3.67. The number of amides is 1. The second-order valence-corrected chi connectivity index (χ2v) is 1.93. The number of aromatic amines is 1. The first kappa shape index (κ1) is 7.67. The van der Waals surface area contributed by atoms with Crippen LogP contribution in [0.4, 0.5) is 0 Å². The minimum Gasteiger partial charge on any atom is -0.319 e. The van der Waals surface area contributed by atoms with Crippen LogP contribution in [0, 0.1) is 0 Å². The molecule has 0 radical (unpaired) electrons. The molecule has 0 spiro atoms. The molecule has 58 valence electrons. The van der Waals surface area contributed by atoms with Gasteiger partial charge < -0.3 is 5.32 Å². The first-order valence-electron chi connectivity index (χ1n) is 2.64. The fraction of sp³-hybridized carbons (Fsp3) is 0. The fourth-order valence-corrected chi connectivity index (χ4v) is 0.584. The van der Waals surface area contributed by atoms with E-state index in [2.05, 4.69) is 25.9 Å². The molecule has 1 rings (SSSR count). The van der Waals surface area contributed by atoms with Crippen molar-refractivity contribution in [3.63, 3.8) is 0 Å². The molecule has 0 aliphatic rings. The molecule has 1 heterocycles. The predicted molar refractivity (Wildman–Crippen MR) is 37.2 cm³/mol. The summed E-state index contributed by atoms with van der Waals surface area (Å²) in [7, 11) is 0. The lowest BCUT2D eigenvalue weighted by molar-refractivity contribution is -0.108. The van der Waals surface area contributed by atoms with Gasteiger partial charge in [-0.1, -0.05) is 11.6 Å². The van der Waals surface area contributed by atoms with Gasteiger partial charge in [-0.2, -0.15) is 5.21 Å². The normalized spacial score (nSPS) is 11.2. The summed E-state index contributed by atoms with van der Waals surface area (Å²) in [5.74, 6) is 0.310. The number of carbonyl (C=O) groups is 1. The number of halogens is 1. The van der Waals surface area contributed by atoms with Crippen LogP contribution in [-0.4, -0.2) is 27.0 Å². The van der Waals surface area contributed by atoms with Gasteiger partial charge in [0, 0.05) is 6.08 Å². The first-order chi connectivity index (χ1) is 5.33. The molecule has 0 bridgehead atoms. The third-order valence-corrected chi connectivity index (χ3v) is 1.03. The minimum absolute atomic E-state index is 0.140. The smallest absolute Gasteiger partial charge is 0.212 e. The summed E-state index contributed by atoms with van der Waals surface area (Å²) in [6, 6.07) is 0. The van der Waals surface area contributed by atoms with Gasteiger partial charge in [-0.25, -0.2) is 0 Å². The second-order valence-electron chi connectivity index (χ2n) is 1.52. The number of hydrogen-bond donors (Lipinski definition) is 2. The third-order valence-electron chi connectivity index (χ3n) is 0.814. The van der Waals surface area contributed by atoms with E-state index < -0.39 is 0 Å². The van der Waals surface area contributed by atoms with Gasteiger partial charge in [0.2, 0.25) is 6.41 Å². The number of hydrogen-bond acceptors (Lipinski definition) is 4. The molecule has 0 aliphatic carbocycles. The first-order valence-corrected chi connectivity index (χ1v) is 3.01. The molecule has 0 unspecified atom stereocenters. The van der Waals surface area contributed by atoms with Crippen LogP contribution >= 0.6 is 11.6 Å². The van der Waals surface area contributed by atoms with Gasteiger partial charge >= 0.3 is 0 Å². The fourth-order valence-electron chi connectivity index (χ4n) is 0.442. The molecule has 0 aromatic carbocycles. The summed E-state index contributed by atoms with van der Waals surface area (Å²) in [6.07, 6.45) is 1.82. The Hall–Kier alpha value is -1.43. The van der Waals surface area contributed by atoms with Crippen molar-refractivity contribution in [2.45, 2.75) is 0 Å². The number of aromatic nitrogens is 4. The quantitative estimate of drug-likeness (QED) is 0.476. The molecular formula is C4H4ClN5O. The summed E-state index contributed by atoms with van der Waals surface area (Å²) in [4.78, 5) is 9.84. The van der Waals surface area contributed by atoms with E-state index >= 15 is 0 Å². The number of nitrogens with one attached hydrogen (secondary N) is 2. The van der Waals surface area contributed by atoms with Crippen molar-refractivity contribution in [2.24, 2.45) is 0 Å². The van der Waals surface area contributed by atoms with Crippen molar-refractivity contribution in [3.05, 3.63) is 11.0 Å². The van der Waals surface area contributed by atoms with Crippen LogP contribution < -0.4 is 5.32 Å². The van der Waals surface area contributed by atoms with Crippen molar-refractivity contribution < 1.29 is 4.79 Å². The number of tetrazole rings is 1. The standard InChI is InChI=1S/C4H4ClN5O/c5-3(6-2-11)1-4-7-9-10-8-4/h1-2H,(H,6,11)(H,7,8,9,10)/b3-1+. The van der Waals surface area contributed by atoms with Crippen molar-refractivity contribution >= 4 is 24.1 Å². The van der Waals surface area contributed by atoms with Gasteiger partial charge in [-0.3, -0.25) is 4.79 Å². The third kappa shape index (κ3) is 2.34. The summed E-state index contributed by atoms with van der Waals surface area (Å²) in [5, 5.41) is 15.0. The van der Waals surface area contributed by atoms with Crippen LogP contribution in [0.5, 0.6) is 0 Å². The van der Waals surface area contributed by atoms with Crippen molar-refractivity contribution in [2.75, 3.05) is 0 Å². The maximum absolute atomic E-state index is 9.84.